The summed E-state index contributed by atoms with van der Waals surface area (Å²) in [7, 11) is 1.56. The molecule has 0 bridgehead atoms. The van der Waals surface area contributed by atoms with Gasteiger partial charge in [0.1, 0.15) is 5.69 Å². The van der Waals surface area contributed by atoms with Gasteiger partial charge in [-0.15, -0.1) is 0 Å². The van der Waals surface area contributed by atoms with E-state index < -0.39 is 17.1 Å². The minimum Gasteiger partial charge on any atom is -0.367 e. The number of nitrogens with zero attached hydrogens (tertiary/aromatic N) is 2. The van der Waals surface area contributed by atoms with E-state index in [1.54, 1.807) is 13.1 Å². The monoisotopic (exact) mass is 353 g/mol. The number of rotatable bonds is 0. The summed E-state index contributed by atoms with van der Waals surface area (Å²) in [4.78, 5) is 25.6. The van der Waals surface area contributed by atoms with Crippen LogP contribution in [0.2, 0.25) is 0 Å². The highest BCUT2D eigenvalue weighted by Crippen LogP contribution is 2.64. The molecule has 4 N–H and O–H groups in total. The Labute approximate surface area is 127 Å². The summed E-state index contributed by atoms with van der Waals surface area (Å²) in [5.41, 5.74) is -2.73. The fourth-order valence-electron chi connectivity index (χ4n) is 4.28. The molecular formula is C12H12BrN5O3. The summed E-state index contributed by atoms with van der Waals surface area (Å²) < 4.78 is 2.65. The van der Waals surface area contributed by atoms with Crippen molar-refractivity contribution < 1.29 is 14.7 Å². The van der Waals surface area contributed by atoms with Crippen LogP contribution in [0.15, 0.2) is 16.7 Å². The number of hydrogen-bond acceptors (Lipinski definition) is 4. The van der Waals surface area contributed by atoms with Crippen LogP contribution in [-0.4, -0.2) is 50.6 Å². The zero-order valence-corrected chi connectivity index (χ0v) is 12.6. The Balaban J connectivity index is 1.74. The van der Waals surface area contributed by atoms with Crippen molar-refractivity contribution in [1.82, 2.24) is 25.4 Å². The summed E-state index contributed by atoms with van der Waals surface area (Å²) in [5.74, 6) is -0.227. The van der Waals surface area contributed by atoms with E-state index in [1.807, 2.05) is 10.6 Å². The van der Waals surface area contributed by atoms with Gasteiger partial charge in [0, 0.05) is 13.5 Å². The van der Waals surface area contributed by atoms with Gasteiger partial charge < -0.3 is 20.3 Å². The van der Waals surface area contributed by atoms with Gasteiger partial charge in [-0.3, -0.25) is 15.0 Å². The molecule has 5 rings (SSSR count). The molecule has 2 spiro atoms. The molecule has 21 heavy (non-hydrogen) atoms. The second kappa shape index (κ2) is 2.96. The van der Waals surface area contributed by atoms with Crippen molar-refractivity contribution in [1.29, 1.82) is 0 Å². The Morgan fingerprint density at radius 1 is 1.38 bits per heavy atom. The van der Waals surface area contributed by atoms with Gasteiger partial charge in [-0.2, -0.15) is 0 Å². The highest BCUT2D eigenvalue weighted by atomic mass is 79.9. The Morgan fingerprint density at radius 2 is 2.14 bits per heavy atom. The molecular weight excluding hydrogens is 342 g/mol. The molecule has 1 aromatic rings. The minimum absolute atomic E-state index is 0.192. The maximum atomic E-state index is 12.3. The molecule has 0 aromatic carbocycles. The molecule has 0 radical (unpaired) electrons. The molecule has 3 amide bonds. The molecule has 3 fully saturated rings. The summed E-state index contributed by atoms with van der Waals surface area (Å²) >= 11 is 3.45. The van der Waals surface area contributed by atoms with Crippen molar-refractivity contribution in [3.05, 3.63) is 22.4 Å². The minimum atomic E-state index is -1.38. The zero-order chi connectivity index (χ0) is 14.8. The molecule has 9 heteroatoms. The lowest BCUT2D eigenvalue weighted by atomic mass is 10.1. The van der Waals surface area contributed by atoms with Gasteiger partial charge in [0.05, 0.1) is 10.6 Å². The largest absolute Gasteiger partial charge is 0.367 e. The zero-order valence-electron chi connectivity index (χ0n) is 11.0. The second-order valence-corrected chi connectivity index (χ2v) is 6.89. The number of halogens is 1. The average molecular weight is 354 g/mol. The normalized spacial score (nSPS) is 45.5. The van der Waals surface area contributed by atoms with E-state index in [2.05, 4.69) is 31.9 Å². The van der Waals surface area contributed by atoms with Crippen LogP contribution in [0.3, 0.4) is 0 Å². The average Bonchev–Trinajstić information content (AvgIpc) is 2.67. The van der Waals surface area contributed by atoms with Crippen LogP contribution < -0.4 is 16.0 Å². The van der Waals surface area contributed by atoms with Crippen molar-refractivity contribution >= 4 is 27.9 Å². The standard InChI is InChI=1S/C12H12BrN5O3/c1-17-9(20)15-12-10(17,21)4-6-11(12,16-12)14-8(19)5-2-3-7(13)18(5)6/h2-3,6,16,21H,4H2,1H3,(H,14,19)(H,15,20)/t6-,10-,11?,12-/m1/s1. The number of hydrogen-bond donors (Lipinski definition) is 4. The molecule has 110 valence electrons. The van der Waals surface area contributed by atoms with Gasteiger partial charge in [-0.25, -0.2) is 4.79 Å². The number of piperidine rings is 1. The summed E-state index contributed by atoms with van der Waals surface area (Å²) in [6, 6.07) is 3.00. The molecule has 1 saturated carbocycles. The van der Waals surface area contributed by atoms with Crippen LogP contribution in [0.25, 0.3) is 0 Å². The highest BCUT2D eigenvalue weighted by Gasteiger charge is 2.91. The second-order valence-electron chi connectivity index (χ2n) is 6.07. The van der Waals surface area contributed by atoms with Crippen molar-refractivity contribution in [3.8, 4) is 0 Å². The lowest BCUT2D eigenvalue weighted by molar-refractivity contribution is -0.0752. The van der Waals surface area contributed by atoms with E-state index in [0.29, 0.717) is 12.1 Å². The maximum Gasteiger partial charge on any atom is 0.321 e. The Morgan fingerprint density at radius 3 is 2.90 bits per heavy atom. The molecule has 3 aliphatic heterocycles. The summed E-state index contributed by atoms with van der Waals surface area (Å²) in [5, 5.41) is 19.9. The lowest BCUT2D eigenvalue weighted by Crippen LogP contribution is -2.56. The fourth-order valence-corrected chi connectivity index (χ4v) is 4.85. The first-order chi connectivity index (χ1) is 9.86. The van der Waals surface area contributed by atoms with Crippen LogP contribution in [0.5, 0.6) is 0 Å². The first-order valence-corrected chi connectivity index (χ1v) is 7.42. The number of aromatic nitrogens is 1. The van der Waals surface area contributed by atoms with E-state index >= 15 is 0 Å². The molecule has 1 aliphatic carbocycles. The predicted octanol–water partition coefficient (Wildman–Crippen LogP) is -0.722. The van der Waals surface area contributed by atoms with Crippen molar-refractivity contribution in [2.75, 3.05) is 7.05 Å². The number of urea groups is 1. The quantitative estimate of drug-likeness (QED) is 0.461. The number of carbonyl (C=O) groups is 2. The molecule has 4 heterocycles. The third-order valence-corrected chi connectivity index (χ3v) is 6.02. The smallest absolute Gasteiger partial charge is 0.321 e. The Kier molecular flexibility index (Phi) is 1.70. The maximum absolute atomic E-state index is 12.3. The molecule has 8 nitrogen and oxygen atoms in total. The summed E-state index contributed by atoms with van der Waals surface area (Å²) in [6.07, 6.45) is 0.329. The number of likely N-dealkylation sites (N-methyl/N-ethyl adjacent to an activating group) is 1. The van der Waals surface area contributed by atoms with Crippen LogP contribution in [0, 0.1) is 0 Å². The van der Waals surface area contributed by atoms with Crippen LogP contribution in [0.4, 0.5) is 4.79 Å². The Bertz CT molecular complexity index is 749. The van der Waals surface area contributed by atoms with Crippen LogP contribution >= 0.6 is 15.9 Å². The highest BCUT2D eigenvalue weighted by molar-refractivity contribution is 9.10. The molecule has 1 unspecified atom stereocenters. The van der Waals surface area contributed by atoms with Crippen LogP contribution in [0.1, 0.15) is 23.0 Å². The Hall–Kier alpha value is -1.58. The van der Waals surface area contributed by atoms with E-state index in [1.165, 1.54) is 4.90 Å². The molecule has 2 saturated heterocycles. The first kappa shape index (κ1) is 12.0. The number of amides is 3. The lowest BCUT2D eigenvalue weighted by Gasteiger charge is -2.34. The number of aliphatic hydroxyl groups is 1. The van der Waals surface area contributed by atoms with E-state index in [0.717, 1.165) is 4.60 Å². The molecule has 4 atom stereocenters. The van der Waals surface area contributed by atoms with Crippen molar-refractivity contribution in [2.24, 2.45) is 0 Å². The van der Waals surface area contributed by atoms with Gasteiger partial charge >= 0.3 is 6.03 Å². The van der Waals surface area contributed by atoms with Gasteiger partial charge in [0.15, 0.2) is 17.1 Å². The van der Waals surface area contributed by atoms with Gasteiger partial charge in [0.2, 0.25) is 0 Å². The predicted molar refractivity (Wildman–Crippen MR) is 73.1 cm³/mol. The van der Waals surface area contributed by atoms with Crippen molar-refractivity contribution in [3.63, 3.8) is 0 Å². The van der Waals surface area contributed by atoms with Crippen LogP contribution in [-0.2, 0) is 0 Å². The van der Waals surface area contributed by atoms with E-state index in [4.69, 9.17) is 0 Å². The number of fused-ring (bicyclic) bond motifs is 2. The van der Waals surface area contributed by atoms with E-state index in [9.17, 15) is 14.7 Å². The SMILES string of the molecule is CN1C(=O)N[C@]23NC24NC(=O)c2ccc(Br)n2[C@@H]4C[C@]13O. The fraction of sp³-hybridized carbons (Fsp3) is 0.500. The summed E-state index contributed by atoms with van der Waals surface area (Å²) in [6.45, 7) is 0. The number of nitrogens with one attached hydrogen (secondary N) is 3. The van der Waals surface area contributed by atoms with Gasteiger partial charge in [0.25, 0.3) is 5.91 Å². The number of carbonyl (C=O) groups excluding carboxylic acids is 2. The van der Waals surface area contributed by atoms with E-state index in [-0.39, 0.29) is 18.0 Å². The topological polar surface area (TPSA) is 109 Å². The first-order valence-electron chi connectivity index (χ1n) is 6.63. The molecule has 4 aliphatic rings. The third-order valence-electron chi connectivity index (χ3n) is 5.37. The van der Waals surface area contributed by atoms with Gasteiger partial charge in [-0.1, -0.05) is 0 Å². The molecule has 1 aromatic heterocycles. The van der Waals surface area contributed by atoms with Gasteiger partial charge in [-0.05, 0) is 28.1 Å². The third kappa shape index (κ3) is 0.947. The van der Waals surface area contributed by atoms with Crippen molar-refractivity contribution in [2.45, 2.75) is 29.5 Å².